The average Bonchev–Trinajstić information content (AvgIpc) is 2.74. The van der Waals surface area contributed by atoms with Crippen LogP contribution >= 0.6 is 11.6 Å². The summed E-state index contributed by atoms with van der Waals surface area (Å²) in [6.45, 7) is 0. The molecule has 3 rings (SSSR count). The summed E-state index contributed by atoms with van der Waals surface area (Å²) in [7, 11) is 1.37. The van der Waals surface area contributed by atoms with Gasteiger partial charge in [-0.2, -0.15) is 0 Å². The van der Waals surface area contributed by atoms with E-state index >= 15 is 0 Å². The zero-order valence-electron chi connectivity index (χ0n) is 10.2. The third-order valence-corrected chi connectivity index (χ3v) is 3.90. The SMILES string of the molecule is COC(=O)c1cc2c3c([nH]c2cc1Cl)CCCC3. The number of aryl methyl sites for hydroxylation is 2. The third kappa shape index (κ3) is 1.70. The second kappa shape index (κ2) is 4.32. The van der Waals surface area contributed by atoms with Gasteiger partial charge in [-0.1, -0.05) is 11.6 Å². The van der Waals surface area contributed by atoms with Gasteiger partial charge in [0.2, 0.25) is 0 Å². The molecule has 0 spiro atoms. The molecule has 0 saturated carbocycles. The number of fused-ring (bicyclic) bond motifs is 3. The van der Waals surface area contributed by atoms with E-state index in [-0.39, 0.29) is 5.97 Å². The molecular weight excluding hydrogens is 250 g/mol. The number of rotatable bonds is 1. The number of benzene rings is 1. The fraction of sp³-hybridized carbons (Fsp3) is 0.357. The molecule has 0 bridgehead atoms. The largest absolute Gasteiger partial charge is 0.465 e. The minimum absolute atomic E-state index is 0.382. The van der Waals surface area contributed by atoms with Crippen molar-refractivity contribution in [3.63, 3.8) is 0 Å². The number of carbonyl (C=O) groups excluding carboxylic acids is 1. The molecule has 1 aliphatic carbocycles. The minimum Gasteiger partial charge on any atom is -0.465 e. The quantitative estimate of drug-likeness (QED) is 0.801. The van der Waals surface area contributed by atoms with Crippen molar-refractivity contribution < 1.29 is 9.53 Å². The van der Waals surface area contributed by atoms with Crippen molar-refractivity contribution in [1.29, 1.82) is 0 Å². The number of H-pyrrole nitrogens is 1. The van der Waals surface area contributed by atoms with Crippen molar-refractivity contribution in [3.05, 3.63) is 34.0 Å². The first-order valence-electron chi connectivity index (χ1n) is 6.12. The van der Waals surface area contributed by atoms with Crippen LogP contribution in [0.5, 0.6) is 0 Å². The number of ether oxygens (including phenoxy) is 1. The highest BCUT2D eigenvalue weighted by Gasteiger charge is 2.19. The van der Waals surface area contributed by atoms with Gasteiger partial charge in [-0.15, -0.1) is 0 Å². The van der Waals surface area contributed by atoms with E-state index in [1.165, 1.54) is 31.2 Å². The lowest BCUT2D eigenvalue weighted by Crippen LogP contribution is -2.02. The van der Waals surface area contributed by atoms with Gasteiger partial charge in [-0.25, -0.2) is 4.79 Å². The van der Waals surface area contributed by atoms with Crippen LogP contribution < -0.4 is 0 Å². The maximum absolute atomic E-state index is 11.7. The Hall–Kier alpha value is -1.48. The number of aromatic amines is 1. The molecule has 0 unspecified atom stereocenters. The van der Waals surface area contributed by atoms with E-state index in [2.05, 4.69) is 4.98 Å². The van der Waals surface area contributed by atoms with E-state index in [1.54, 1.807) is 0 Å². The van der Waals surface area contributed by atoms with Crippen molar-refractivity contribution in [3.8, 4) is 0 Å². The first-order valence-corrected chi connectivity index (χ1v) is 6.50. The molecule has 94 valence electrons. The zero-order chi connectivity index (χ0) is 12.7. The summed E-state index contributed by atoms with van der Waals surface area (Å²) in [4.78, 5) is 15.1. The van der Waals surface area contributed by atoms with Crippen LogP contribution in [0.1, 0.15) is 34.5 Å². The van der Waals surface area contributed by atoms with Crippen LogP contribution in [0.2, 0.25) is 5.02 Å². The number of nitrogens with one attached hydrogen (secondary N) is 1. The normalized spacial score (nSPS) is 14.6. The summed E-state index contributed by atoms with van der Waals surface area (Å²) < 4.78 is 4.75. The Morgan fingerprint density at radius 3 is 2.89 bits per heavy atom. The smallest absolute Gasteiger partial charge is 0.339 e. The standard InChI is InChI=1S/C14H14ClNO2/c1-18-14(17)10-6-9-8-4-2-3-5-12(8)16-13(9)7-11(10)15/h6-7,16H,2-5H2,1H3. The Labute approximate surface area is 110 Å². The maximum Gasteiger partial charge on any atom is 0.339 e. The summed E-state index contributed by atoms with van der Waals surface area (Å²) in [5.74, 6) is -0.382. The van der Waals surface area contributed by atoms with Crippen molar-refractivity contribution in [2.75, 3.05) is 7.11 Å². The van der Waals surface area contributed by atoms with Gasteiger partial charge in [0, 0.05) is 16.6 Å². The fourth-order valence-electron chi connectivity index (χ4n) is 2.70. The Morgan fingerprint density at radius 2 is 2.11 bits per heavy atom. The van der Waals surface area contributed by atoms with Crippen LogP contribution in [-0.2, 0) is 17.6 Å². The summed E-state index contributed by atoms with van der Waals surface area (Å²) in [6, 6.07) is 3.67. The number of hydrogen-bond acceptors (Lipinski definition) is 2. The van der Waals surface area contributed by atoms with Gasteiger partial charge < -0.3 is 9.72 Å². The highest BCUT2D eigenvalue weighted by Crippen LogP contribution is 2.32. The predicted molar refractivity (Wildman–Crippen MR) is 71.3 cm³/mol. The number of hydrogen-bond donors (Lipinski definition) is 1. The molecule has 0 amide bonds. The number of halogens is 1. The molecule has 1 aliphatic rings. The van der Waals surface area contributed by atoms with E-state index < -0.39 is 0 Å². The van der Waals surface area contributed by atoms with Crippen LogP contribution in [0.3, 0.4) is 0 Å². The van der Waals surface area contributed by atoms with Crippen molar-refractivity contribution >= 4 is 28.5 Å². The van der Waals surface area contributed by atoms with E-state index in [0.29, 0.717) is 10.6 Å². The van der Waals surface area contributed by atoms with E-state index in [9.17, 15) is 4.79 Å². The van der Waals surface area contributed by atoms with Gasteiger partial charge in [0.1, 0.15) is 0 Å². The fourth-order valence-corrected chi connectivity index (χ4v) is 2.94. The van der Waals surface area contributed by atoms with E-state index in [1.807, 2.05) is 12.1 Å². The molecule has 1 N–H and O–H groups in total. The molecule has 18 heavy (non-hydrogen) atoms. The molecule has 4 heteroatoms. The second-order valence-electron chi connectivity index (χ2n) is 4.66. The Morgan fingerprint density at radius 1 is 1.33 bits per heavy atom. The van der Waals surface area contributed by atoms with Crippen molar-refractivity contribution in [2.24, 2.45) is 0 Å². The summed E-state index contributed by atoms with van der Waals surface area (Å²) >= 11 is 6.12. The van der Waals surface area contributed by atoms with E-state index in [4.69, 9.17) is 16.3 Å². The Bertz CT molecular complexity index is 630. The lowest BCUT2D eigenvalue weighted by molar-refractivity contribution is 0.0601. The van der Waals surface area contributed by atoms with E-state index in [0.717, 1.165) is 23.7 Å². The highest BCUT2D eigenvalue weighted by molar-refractivity contribution is 6.34. The molecule has 0 saturated heterocycles. The summed E-state index contributed by atoms with van der Waals surface area (Å²) in [6.07, 6.45) is 4.57. The predicted octanol–water partition coefficient (Wildman–Crippen LogP) is 3.49. The molecular formula is C14H14ClNO2. The number of esters is 1. The van der Waals surface area contributed by atoms with Crippen LogP contribution in [0.25, 0.3) is 10.9 Å². The molecule has 0 aliphatic heterocycles. The van der Waals surface area contributed by atoms with Crippen LogP contribution in [0.15, 0.2) is 12.1 Å². The van der Waals surface area contributed by atoms with Gasteiger partial charge in [-0.3, -0.25) is 0 Å². The molecule has 2 aromatic rings. The van der Waals surface area contributed by atoms with Gasteiger partial charge in [0.15, 0.2) is 0 Å². The minimum atomic E-state index is -0.382. The highest BCUT2D eigenvalue weighted by atomic mass is 35.5. The number of methoxy groups -OCH3 is 1. The summed E-state index contributed by atoms with van der Waals surface area (Å²) in [5.41, 5.74) is 4.07. The van der Waals surface area contributed by atoms with Crippen molar-refractivity contribution in [2.45, 2.75) is 25.7 Å². The zero-order valence-corrected chi connectivity index (χ0v) is 10.9. The lowest BCUT2D eigenvalue weighted by Gasteiger charge is -2.10. The Balaban J connectivity index is 2.23. The van der Waals surface area contributed by atoms with Crippen LogP contribution in [-0.4, -0.2) is 18.1 Å². The van der Waals surface area contributed by atoms with Crippen LogP contribution in [0.4, 0.5) is 0 Å². The maximum atomic E-state index is 11.7. The molecule has 0 atom stereocenters. The topological polar surface area (TPSA) is 42.1 Å². The lowest BCUT2D eigenvalue weighted by atomic mass is 9.95. The van der Waals surface area contributed by atoms with Crippen molar-refractivity contribution in [1.82, 2.24) is 4.98 Å². The first kappa shape index (κ1) is 11.6. The molecule has 1 heterocycles. The number of carbonyl (C=O) groups is 1. The molecule has 0 fully saturated rings. The molecule has 1 aromatic heterocycles. The average molecular weight is 264 g/mol. The summed E-state index contributed by atoms with van der Waals surface area (Å²) in [5, 5.41) is 1.54. The van der Waals surface area contributed by atoms with Gasteiger partial charge in [0.05, 0.1) is 17.7 Å². The van der Waals surface area contributed by atoms with Crippen LogP contribution in [0, 0.1) is 0 Å². The van der Waals surface area contributed by atoms with Gasteiger partial charge in [0.25, 0.3) is 0 Å². The van der Waals surface area contributed by atoms with Gasteiger partial charge in [-0.05, 0) is 43.4 Å². The third-order valence-electron chi connectivity index (χ3n) is 3.59. The second-order valence-corrected chi connectivity index (χ2v) is 5.07. The Kier molecular flexibility index (Phi) is 2.78. The molecule has 0 radical (unpaired) electrons. The van der Waals surface area contributed by atoms with Gasteiger partial charge >= 0.3 is 5.97 Å². The number of aromatic nitrogens is 1. The first-order chi connectivity index (χ1) is 8.70. The molecule has 3 nitrogen and oxygen atoms in total. The monoisotopic (exact) mass is 263 g/mol. The molecule has 1 aromatic carbocycles.